The van der Waals surface area contributed by atoms with E-state index in [1.165, 1.54) is 29.6 Å². The van der Waals surface area contributed by atoms with E-state index in [-0.39, 0.29) is 10.8 Å². The first kappa shape index (κ1) is 21.3. The number of amides is 1. The van der Waals surface area contributed by atoms with Gasteiger partial charge < -0.3 is 5.32 Å². The molecule has 0 spiro atoms. The molecule has 1 N–H and O–H groups in total. The van der Waals surface area contributed by atoms with E-state index >= 15 is 0 Å². The third kappa shape index (κ3) is 3.90. The van der Waals surface area contributed by atoms with Crippen molar-refractivity contribution in [2.45, 2.75) is 57.3 Å². The number of piperidine rings is 1. The maximum absolute atomic E-state index is 13.1. The second kappa shape index (κ2) is 7.97. The molecule has 7 heteroatoms. The Morgan fingerprint density at radius 2 is 1.93 bits per heavy atom. The molecule has 1 aromatic carbocycles. The molecule has 29 heavy (non-hydrogen) atoms. The summed E-state index contributed by atoms with van der Waals surface area (Å²) in [6, 6.07) is 4.89. The number of halogens is 1. The average Bonchev–Trinajstić information content (AvgIpc) is 2.72. The largest absolute Gasteiger partial charge is 0.352 e. The molecular formula is C22H31BrN2O3S. The fourth-order valence-corrected chi connectivity index (χ4v) is 8.09. The van der Waals surface area contributed by atoms with Crippen LogP contribution in [-0.4, -0.2) is 38.3 Å². The zero-order valence-electron chi connectivity index (χ0n) is 17.3. The first-order valence-corrected chi connectivity index (χ1v) is 13.0. The summed E-state index contributed by atoms with van der Waals surface area (Å²) in [5.41, 5.74) is 0.798. The van der Waals surface area contributed by atoms with Crippen LogP contribution in [0.15, 0.2) is 27.6 Å². The van der Waals surface area contributed by atoms with Gasteiger partial charge in [-0.2, -0.15) is 4.31 Å². The van der Waals surface area contributed by atoms with Gasteiger partial charge in [-0.3, -0.25) is 4.79 Å². The molecule has 4 fully saturated rings. The predicted molar refractivity (Wildman–Crippen MR) is 117 cm³/mol. The minimum absolute atomic E-state index is 0.188. The van der Waals surface area contributed by atoms with Crippen molar-refractivity contribution in [3.63, 3.8) is 0 Å². The highest BCUT2D eigenvalue weighted by atomic mass is 79.9. The number of hydrogen-bond donors (Lipinski definition) is 1. The third-order valence-electron chi connectivity index (χ3n) is 7.65. The lowest BCUT2D eigenvalue weighted by Gasteiger charge is -2.60. The number of carbonyl (C=O) groups excluding carboxylic acids is 1. The molecule has 0 aromatic heterocycles. The van der Waals surface area contributed by atoms with E-state index in [4.69, 9.17) is 0 Å². The van der Waals surface area contributed by atoms with Crippen molar-refractivity contribution in [1.82, 2.24) is 9.62 Å². The molecule has 5 rings (SSSR count). The van der Waals surface area contributed by atoms with Crippen molar-refractivity contribution in [3.05, 3.63) is 28.2 Å². The Morgan fingerprint density at radius 3 is 2.59 bits per heavy atom. The van der Waals surface area contributed by atoms with E-state index in [1.807, 2.05) is 0 Å². The predicted octanol–water partition coefficient (Wildman–Crippen LogP) is 4.43. The Hall–Kier alpha value is -0.920. The minimum atomic E-state index is -3.60. The van der Waals surface area contributed by atoms with Gasteiger partial charge >= 0.3 is 0 Å². The number of rotatable bonds is 5. The van der Waals surface area contributed by atoms with Crippen LogP contribution in [-0.2, 0) is 10.0 Å². The molecule has 3 saturated carbocycles. The van der Waals surface area contributed by atoms with Gasteiger partial charge in [-0.25, -0.2) is 8.42 Å². The minimum Gasteiger partial charge on any atom is -0.352 e. The second-order valence-corrected chi connectivity index (χ2v) is 12.3. The third-order valence-corrected chi connectivity index (χ3v) is 10.5. The fraction of sp³-hybridized carbons (Fsp3) is 0.682. The SMILES string of the molecule is CC1(C)C2CCC(CNC(=O)c3ccc(Br)c(S(=O)(=O)N4CCCCC4)c3)C1C2. The van der Waals surface area contributed by atoms with Gasteiger partial charge in [0.25, 0.3) is 5.91 Å². The van der Waals surface area contributed by atoms with Crippen LogP contribution in [0.3, 0.4) is 0 Å². The van der Waals surface area contributed by atoms with E-state index in [0.29, 0.717) is 46.9 Å². The van der Waals surface area contributed by atoms with E-state index in [1.54, 1.807) is 12.1 Å². The Bertz CT molecular complexity index is 891. The quantitative estimate of drug-likeness (QED) is 0.674. The molecule has 1 aliphatic heterocycles. The van der Waals surface area contributed by atoms with Gasteiger partial charge in [0.15, 0.2) is 0 Å². The van der Waals surface area contributed by atoms with Crippen LogP contribution in [0.2, 0.25) is 0 Å². The second-order valence-electron chi connectivity index (χ2n) is 9.52. The van der Waals surface area contributed by atoms with Gasteiger partial charge in [-0.1, -0.05) is 20.3 Å². The Morgan fingerprint density at radius 1 is 1.21 bits per heavy atom. The first-order valence-electron chi connectivity index (χ1n) is 10.8. The molecule has 1 saturated heterocycles. The first-order chi connectivity index (χ1) is 13.7. The summed E-state index contributed by atoms with van der Waals surface area (Å²) < 4.78 is 28.2. The fourth-order valence-electron chi connectivity index (χ4n) is 5.62. The van der Waals surface area contributed by atoms with Crippen molar-refractivity contribution in [2.24, 2.45) is 23.2 Å². The molecule has 3 unspecified atom stereocenters. The lowest BCUT2D eigenvalue weighted by atomic mass is 9.45. The molecule has 0 radical (unpaired) electrons. The highest BCUT2D eigenvalue weighted by Crippen LogP contribution is 2.61. The van der Waals surface area contributed by atoms with Gasteiger partial charge in [0.05, 0.1) is 4.90 Å². The normalized spacial score (nSPS) is 29.1. The summed E-state index contributed by atoms with van der Waals surface area (Å²) in [6.07, 6.45) is 6.54. The number of carbonyl (C=O) groups is 1. The molecular weight excluding hydrogens is 452 g/mol. The Balaban J connectivity index is 1.46. The molecule has 1 heterocycles. The van der Waals surface area contributed by atoms with Gasteiger partial charge in [-0.05, 0) is 89.4 Å². The van der Waals surface area contributed by atoms with Crippen LogP contribution in [0.1, 0.15) is 62.7 Å². The summed E-state index contributed by atoms with van der Waals surface area (Å²) >= 11 is 3.37. The maximum atomic E-state index is 13.1. The van der Waals surface area contributed by atoms with Crippen molar-refractivity contribution in [1.29, 1.82) is 0 Å². The summed E-state index contributed by atoms with van der Waals surface area (Å²) in [6.45, 7) is 6.47. The van der Waals surface area contributed by atoms with Crippen LogP contribution >= 0.6 is 15.9 Å². The summed E-state index contributed by atoms with van der Waals surface area (Å²) in [4.78, 5) is 13.0. The molecule has 5 nitrogen and oxygen atoms in total. The molecule has 160 valence electrons. The van der Waals surface area contributed by atoms with E-state index < -0.39 is 10.0 Å². The lowest BCUT2D eigenvalue weighted by Crippen LogP contribution is -2.54. The van der Waals surface area contributed by atoms with Crippen molar-refractivity contribution in [2.75, 3.05) is 19.6 Å². The molecule has 1 aromatic rings. The number of benzene rings is 1. The standard InChI is InChI=1S/C22H31BrN2O3S/c1-22(2)17-8-6-16(18(22)13-17)14-24-21(26)15-7-9-19(23)20(12-15)29(27,28)25-10-4-3-5-11-25/h7,9,12,16-18H,3-6,8,10-11,13-14H2,1-2H3,(H,24,26). The van der Waals surface area contributed by atoms with Crippen LogP contribution in [0.25, 0.3) is 0 Å². The van der Waals surface area contributed by atoms with Crippen LogP contribution < -0.4 is 5.32 Å². The van der Waals surface area contributed by atoms with Crippen molar-refractivity contribution >= 4 is 31.9 Å². The molecule has 3 atom stereocenters. The average molecular weight is 483 g/mol. The summed E-state index contributed by atoms with van der Waals surface area (Å²) in [5, 5.41) is 3.08. The lowest BCUT2D eigenvalue weighted by molar-refractivity contribution is -0.103. The molecule has 2 bridgehead atoms. The molecule has 1 amide bonds. The van der Waals surface area contributed by atoms with Crippen molar-refractivity contribution in [3.8, 4) is 0 Å². The topological polar surface area (TPSA) is 66.5 Å². The van der Waals surface area contributed by atoms with E-state index in [9.17, 15) is 13.2 Å². The molecule has 4 aliphatic rings. The zero-order chi connectivity index (χ0) is 20.8. The number of fused-ring (bicyclic) bond motifs is 2. The number of hydrogen-bond acceptors (Lipinski definition) is 3. The van der Waals surface area contributed by atoms with Gasteiger partial charge in [0.2, 0.25) is 10.0 Å². The summed E-state index contributed by atoms with van der Waals surface area (Å²) in [5.74, 6) is 1.85. The van der Waals surface area contributed by atoms with Crippen LogP contribution in [0.5, 0.6) is 0 Å². The highest BCUT2D eigenvalue weighted by Gasteiger charge is 2.53. The smallest absolute Gasteiger partial charge is 0.251 e. The van der Waals surface area contributed by atoms with Crippen LogP contribution in [0.4, 0.5) is 0 Å². The number of nitrogens with zero attached hydrogens (tertiary/aromatic N) is 1. The number of sulfonamides is 1. The monoisotopic (exact) mass is 482 g/mol. The summed E-state index contributed by atoms with van der Waals surface area (Å²) in [7, 11) is -3.60. The van der Waals surface area contributed by atoms with Gasteiger partial charge in [-0.15, -0.1) is 0 Å². The number of nitrogens with one attached hydrogen (secondary N) is 1. The Labute approximate surface area is 182 Å². The van der Waals surface area contributed by atoms with E-state index in [0.717, 1.165) is 25.2 Å². The van der Waals surface area contributed by atoms with Gasteiger partial charge in [0, 0.05) is 29.7 Å². The zero-order valence-corrected chi connectivity index (χ0v) is 19.7. The Kier molecular flexibility index (Phi) is 5.86. The highest BCUT2D eigenvalue weighted by molar-refractivity contribution is 9.10. The van der Waals surface area contributed by atoms with E-state index in [2.05, 4.69) is 35.1 Å². The van der Waals surface area contributed by atoms with Gasteiger partial charge in [0.1, 0.15) is 0 Å². The van der Waals surface area contributed by atoms with Crippen LogP contribution in [0, 0.1) is 23.2 Å². The maximum Gasteiger partial charge on any atom is 0.251 e. The van der Waals surface area contributed by atoms with Crippen molar-refractivity contribution < 1.29 is 13.2 Å². The molecule has 3 aliphatic carbocycles.